The van der Waals surface area contributed by atoms with Crippen LogP contribution >= 0.6 is 11.6 Å². The maximum Gasteiger partial charge on any atom is 0.302 e. The largest absolute Gasteiger partial charge is 0.493 e. The van der Waals surface area contributed by atoms with Crippen LogP contribution in [0, 0.1) is 5.41 Å². The topological polar surface area (TPSA) is 71.1 Å². The fourth-order valence-corrected chi connectivity index (χ4v) is 5.49. The maximum absolute atomic E-state index is 13.5. The average Bonchev–Trinajstić information content (AvgIpc) is 2.90. The molecule has 9 heteroatoms. The Kier molecular flexibility index (Phi) is 9.72. The number of alkyl halides is 2. The Morgan fingerprint density at radius 2 is 1.70 bits per heavy atom. The predicted octanol–water partition coefficient (Wildman–Crippen LogP) is 7.24. The number of halogens is 3. The van der Waals surface area contributed by atoms with Crippen molar-refractivity contribution >= 4 is 23.5 Å². The Hall–Kier alpha value is -2.71. The van der Waals surface area contributed by atoms with Gasteiger partial charge in [0.15, 0.2) is 0 Å². The van der Waals surface area contributed by atoms with Crippen LogP contribution in [0.25, 0.3) is 0 Å². The summed E-state index contributed by atoms with van der Waals surface area (Å²) in [6.45, 7) is 5.22. The van der Waals surface area contributed by atoms with Gasteiger partial charge >= 0.3 is 11.9 Å². The molecule has 2 aromatic carbocycles. The quantitative estimate of drug-likeness (QED) is 0.292. The molecule has 40 heavy (non-hydrogen) atoms. The molecular weight excluding hydrogens is 542 g/mol. The van der Waals surface area contributed by atoms with Crippen molar-refractivity contribution in [2.24, 2.45) is 5.41 Å². The molecule has 1 saturated heterocycles. The summed E-state index contributed by atoms with van der Waals surface area (Å²) in [5, 5.41) is 0.620. The van der Waals surface area contributed by atoms with E-state index in [-0.39, 0.29) is 43.0 Å². The summed E-state index contributed by atoms with van der Waals surface area (Å²) in [5.41, 5.74) is 2.60. The van der Waals surface area contributed by atoms with Gasteiger partial charge in [-0.15, -0.1) is 0 Å². The summed E-state index contributed by atoms with van der Waals surface area (Å²) < 4.78 is 49.9. The third kappa shape index (κ3) is 8.64. The van der Waals surface area contributed by atoms with E-state index in [1.165, 1.54) is 13.8 Å². The van der Waals surface area contributed by atoms with E-state index in [2.05, 4.69) is 0 Å². The molecule has 0 amide bonds. The molecule has 0 radical (unpaired) electrons. The summed E-state index contributed by atoms with van der Waals surface area (Å²) in [6, 6.07) is 13.4. The lowest BCUT2D eigenvalue weighted by Crippen LogP contribution is -2.36. The van der Waals surface area contributed by atoms with Crippen LogP contribution in [0.3, 0.4) is 0 Å². The van der Waals surface area contributed by atoms with E-state index in [9.17, 15) is 18.4 Å². The van der Waals surface area contributed by atoms with Crippen molar-refractivity contribution in [1.82, 2.24) is 0 Å². The molecule has 2 fully saturated rings. The Balaban J connectivity index is 1.40. The number of hydrogen-bond acceptors (Lipinski definition) is 6. The van der Waals surface area contributed by atoms with Gasteiger partial charge in [0.25, 0.3) is 0 Å². The van der Waals surface area contributed by atoms with Crippen molar-refractivity contribution in [1.29, 1.82) is 0 Å². The number of carbonyl (C=O) groups is 2. The number of carbonyl (C=O) groups excluding carboxylic acids is 2. The van der Waals surface area contributed by atoms with Gasteiger partial charge in [-0.25, -0.2) is 8.78 Å². The van der Waals surface area contributed by atoms with E-state index in [4.69, 9.17) is 30.5 Å². The first-order valence-corrected chi connectivity index (χ1v) is 14.1. The Bertz CT molecular complexity index is 1170. The second kappa shape index (κ2) is 12.9. The molecule has 6 nitrogen and oxygen atoms in total. The van der Waals surface area contributed by atoms with Gasteiger partial charge in [0.2, 0.25) is 5.92 Å². The van der Waals surface area contributed by atoms with E-state index in [0.717, 1.165) is 16.7 Å². The third-order valence-corrected chi connectivity index (χ3v) is 8.07. The average molecular weight is 579 g/mol. The molecule has 3 atom stereocenters. The van der Waals surface area contributed by atoms with E-state index < -0.39 is 18.0 Å². The first kappa shape index (κ1) is 30.3. The number of benzene rings is 2. The highest BCUT2D eigenvalue weighted by atomic mass is 35.5. The molecule has 0 spiro atoms. The van der Waals surface area contributed by atoms with Crippen molar-refractivity contribution in [3.63, 3.8) is 0 Å². The highest BCUT2D eigenvalue weighted by molar-refractivity contribution is 6.31. The van der Waals surface area contributed by atoms with E-state index in [1.807, 2.05) is 49.4 Å². The Morgan fingerprint density at radius 1 is 1.00 bits per heavy atom. The minimum Gasteiger partial charge on any atom is -0.493 e. The second-order valence-corrected chi connectivity index (χ2v) is 11.8. The summed E-state index contributed by atoms with van der Waals surface area (Å²) in [5.74, 6) is -2.62. The smallest absolute Gasteiger partial charge is 0.302 e. The summed E-state index contributed by atoms with van der Waals surface area (Å²) in [7, 11) is 0. The monoisotopic (exact) mass is 578 g/mol. The lowest BCUT2D eigenvalue weighted by atomic mass is 9.75. The van der Waals surface area contributed by atoms with Gasteiger partial charge in [0.1, 0.15) is 18.5 Å². The molecule has 218 valence electrons. The summed E-state index contributed by atoms with van der Waals surface area (Å²) >= 11 is 6.55. The van der Waals surface area contributed by atoms with Crippen LogP contribution in [0.2, 0.25) is 5.02 Å². The van der Waals surface area contributed by atoms with Gasteiger partial charge in [-0.3, -0.25) is 9.59 Å². The molecule has 2 aliphatic rings. The molecular formula is C31H37ClF2O6. The Morgan fingerprint density at radius 3 is 2.35 bits per heavy atom. The van der Waals surface area contributed by atoms with E-state index in [0.29, 0.717) is 49.5 Å². The molecule has 1 saturated carbocycles. The lowest BCUT2D eigenvalue weighted by Gasteiger charge is -2.36. The molecule has 0 aromatic heterocycles. The van der Waals surface area contributed by atoms with Crippen molar-refractivity contribution in [2.45, 2.75) is 90.0 Å². The van der Waals surface area contributed by atoms with Crippen molar-refractivity contribution in [2.75, 3.05) is 13.2 Å². The number of esters is 2. The number of ether oxygens (including phenoxy) is 4. The van der Waals surface area contributed by atoms with Gasteiger partial charge < -0.3 is 18.9 Å². The minimum absolute atomic E-state index is 0.0874. The predicted molar refractivity (Wildman–Crippen MR) is 147 cm³/mol. The SMILES string of the molecule is CC(=O)OCC1CC(OC(C)=O)CC(c2ccc(Cl)c(Cc3ccc(OCC4(C)CCC(F)(F)CC4)cc3)c2)O1. The first-order chi connectivity index (χ1) is 18.9. The molecule has 1 aliphatic heterocycles. The van der Waals surface area contributed by atoms with E-state index in [1.54, 1.807) is 0 Å². The van der Waals surface area contributed by atoms with Crippen LogP contribution in [0.1, 0.15) is 82.1 Å². The van der Waals surface area contributed by atoms with Gasteiger partial charge in [-0.1, -0.05) is 42.8 Å². The molecule has 1 aliphatic carbocycles. The zero-order chi connectivity index (χ0) is 28.9. The lowest BCUT2D eigenvalue weighted by molar-refractivity contribution is -0.169. The van der Waals surface area contributed by atoms with Crippen LogP contribution in [-0.2, 0) is 30.2 Å². The van der Waals surface area contributed by atoms with Gasteiger partial charge in [0.05, 0.1) is 18.8 Å². The molecule has 3 unspecified atom stereocenters. The molecule has 4 rings (SSSR count). The zero-order valence-corrected chi connectivity index (χ0v) is 24.0. The molecule has 1 heterocycles. The van der Waals surface area contributed by atoms with Gasteiger partial charge in [0, 0.05) is 50.0 Å². The zero-order valence-electron chi connectivity index (χ0n) is 23.2. The van der Waals surface area contributed by atoms with Crippen LogP contribution in [0.5, 0.6) is 5.75 Å². The maximum atomic E-state index is 13.5. The van der Waals surface area contributed by atoms with Crippen LogP contribution in [0.15, 0.2) is 42.5 Å². The van der Waals surface area contributed by atoms with Gasteiger partial charge in [-0.05, 0) is 54.2 Å². The Labute approximate surface area is 239 Å². The van der Waals surface area contributed by atoms with Crippen LogP contribution in [-0.4, -0.2) is 43.3 Å². The second-order valence-electron chi connectivity index (χ2n) is 11.4. The van der Waals surface area contributed by atoms with E-state index >= 15 is 0 Å². The van der Waals surface area contributed by atoms with Gasteiger partial charge in [-0.2, -0.15) is 0 Å². The molecule has 0 bridgehead atoms. The standard InChI is InChI=1S/C31H37ClF2O6/c1-20(35)37-18-27-16-26(39-21(2)36)17-29(40-27)23-6-9-28(32)24(15-23)14-22-4-7-25(8-5-22)38-19-30(3)10-12-31(33,34)13-11-30/h4-9,15,26-27,29H,10-14,16-19H2,1-3H3. The van der Waals surface area contributed by atoms with Crippen molar-refractivity contribution in [3.8, 4) is 5.75 Å². The fraction of sp³-hybridized carbons (Fsp3) is 0.548. The number of hydrogen-bond donors (Lipinski definition) is 0. The first-order valence-electron chi connectivity index (χ1n) is 13.7. The third-order valence-electron chi connectivity index (χ3n) is 7.70. The highest BCUT2D eigenvalue weighted by Crippen LogP contribution is 2.43. The van der Waals surface area contributed by atoms with Crippen LogP contribution < -0.4 is 4.74 Å². The number of rotatable bonds is 9. The fourth-order valence-electron chi connectivity index (χ4n) is 5.31. The highest BCUT2D eigenvalue weighted by Gasteiger charge is 2.41. The summed E-state index contributed by atoms with van der Waals surface area (Å²) in [6.07, 6.45) is 1.13. The van der Waals surface area contributed by atoms with Crippen LogP contribution in [0.4, 0.5) is 8.78 Å². The minimum atomic E-state index is -2.56. The summed E-state index contributed by atoms with van der Waals surface area (Å²) in [4.78, 5) is 22.9. The molecule has 2 aromatic rings. The van der Waals surface area contributed by atoms with Crippen molar-refractivity contribution < 1.29 is 37.3 Å². The normalized spacial score (nSPS) is 23.7. The van der Waals surface area contributed by atoms with Crippen molar-refractivity contribution in [3.05, 3.63) is 64.2 Å². The molecule has 0 N–H and O–H groups in total.